The number of nitrogens with one attached hydrogen (secondary N) is 1. The Morgan fingerprint density at radius 3 is 2.88 bits per heavy atom. The third kappa shape index (κ3) is 2.55. The number of halogens is 1. The smallest absolute Gasteiger partial charge is 0.0539 e. The average molecular weight is 236 g/mol. The molecular weight excluding hydrogens is 222 g/mol. The lowest BCUT2D eigenvalue weighted by Gasteiger charge is -2.08. The molecule has 1 aromatic heterocycles. The second kappa shape index (κ2) is 4.58. The fourth-order valence-electron chi connectivity index (χ4n) is 1.59. The molecule has 0 spiro atoms. The Balaban J connectivity index is 2.04. The Kier molecular flexibility index (Phi) is 3.15. The second-order valence-electron chi connectivity index (χ2n) is 3.84. The van der Waals surface area contributed by atoms with Crippen molar-refractivity contribution in [3.63, 3.8) is 0 Å². The molecule has 0 fully saturated rings. The number of nitrogens with zero attached hydrogens (tertiary/aromatic N) is 2. The van der Waals surface area contributed by atoms with Gasteiger partial charge < -0.3 is 5.32 Å². The molecule has 2 rings (SSSR count). The lowest BCUT2D eigenvalue weighted by atomic mass is 10.2. The molecule has 0 saturated carbocycles. The number of hydrogen-bond donors (Lipinski definition) is 1. The molecule has 84 valence electrons. The summed E-state index contributed by atoms with van der Waals surface area (Å²) in [5.74, 6) is 0. The maximum absolute atomic E-state index is 5.90. The zero-order valence-corrected chi connectivity index (χ0v) is 10.1. The van der Waals surface area contributed by atoms with Crippen LogP contribution < -0.4 is 5.32 Å². The first-order valence-electron chi connectivity index (χ1n) is 5.13. The highest BCUT2D eigenvalue weighted by Gasteiger charge is 2.00. The van der Waals surface area contributed by atoms with Crippen molar-refractivity contribution in [2.24, 2.45) is 7.05 Å². The van der Waals surface area contributed by atoms with Crippen LogP contribution in [0, 0.1) is 6.92 Å². The van der Waals surface area contributed by atoms with Crippen molar-refractivity contribution in [1.82, 2.24) is 9.78 Å². The zero-order valence-electron chi connectivity index (χ0n) is 9.37. The van der Waals surface area contributed by atoms with E-state index >= 15 is 0 Å². The molecule has 4 heteroatoms. The number of aromatic nitrogens is 2. The van der Waals surface area contributed by atoms with E-state index in [-0.39, 0.29) is 0 Å². The van der Waals surface area contributed by atoms with Crippen LogP contribution >= 0.6 is 11.6 Å². The van der Waals surface area contributed by atoms with Gasteiger partial charge in [0.1, 0.15) is 0 Å². The second-order valence-corrected chi connectivity index (χ2v) is 4.27. The van der Waals surface area contributed by atoms with Gasteiger partial charge in [0.25, 0.3) is 0 Å². The van der Waals surface area contributed by atoms with Crippen LogP contribution in [-0.2, 0) is 13.6 Å². The van der Waals surface area contributed by atoms with Crippen molar-refractivity contribution in [1.29, 1.82) is 0 Å². The standard InChI is InChI=1S/C12H14ClN3/c1-9-5-11(13)3-4-12(9)14-6-10-7-15-16(2)8-10/h3-5,7-8,14H,6H2,1-2H3. The predicted octanol–water partition coefficient (Wildman–Crippen LogP) is 2.99. The monoisotopic (exact) mass is 235 g/mol. The van der Waals surface area contributed by atoms with E-state index in [1.807, 2.05) is 44.6 Å². The van der Waals surface area contributed by atoms with Gasteiger partial charge in [0.2, 0.25) is 0 Å². The summed E-state index contributed by atoms with van der Waals surface area (Å²) in [5, 5.41) is 8.25. The van der Waals surface area contributed by atoms with Crippen LogP contribution in [0.15, 0.2) is 30.6 Å². The molecule has 1 aromatic carbocycles. The van der Waals surface area contributed by atoms with E-state index in [1.54, 1.807) is 4.68 Å². The minimum Gasteiger partial charge on any atom is -0.381 e. The van der Waals surface area contributed by atoms with Gasteiger partial charge in [-0.05, 0) is 30.7 Å². The Hall–Kier alpha value is -1.48. The van der Waals surface area contributed by atoms with Gasteiger partial charge in [-0.3, -0.25) is 4.68 Å². The fourth-order valence-corrected chi connectivity index (χ4v) is 1.81. The highest BCUT2D eigenvalue weighted by Crippen LogP contribution is 2.20. The van der Waals surface area contributed by atoms with Crippen LogP contribution in [0.25, 0.3) is 0 Å². The third-order valence-electron chi connectivity index (χ3n) is 2.43. The Morgan fingerprint density at radius 1 is 1.44 bits per heavy atom. The first-order chi connectivity index (χ1) is 7.65. The molecule has 0 bridgehead atoms. The molecule has 0 saturated heterocycles. The minimum absolute atomic E-state index is 0.768. The number of rotatable bonds is 3. The normalized spacial score (nSPS) is 10.4. The summed E-state index contributed by atoms with van der Waals surface area (Å²) < 4.78 is 1.80. The molecule has 0 unspecified atom stereocenters. The predicted molar refractivity (Wildman–Crippen MR) is 66.7 cm³/mol. The van der Waals surface area contributed by atoms with E-state index in [0.717, 1.165) is 28.4 Å². The van der Waals surface area contributed by atoms with Crippen LogP contribution in [0.2, 0.25) is 5.02 Å². The van der Waals surface area contributed by atoms with E-state index in [0.29, 0.717) is 0 Å². The molecular formula is C12H14ClN3. The molecule has 0 aliphatic rings. The average Bonchev–Trinajstić information content (AvgIpc) is 2.63. The van der Waals surface area contributed by atoms with Gasteiger partial charge in [-0.25, -0.2) is 0 Å². The largest absolute Gasteiger partial charge is 0.381 e. The van der Waals surface area contributed by atoms with Crippen molar-refractivity contribution >= 4 is 17.3 Å². The molecule has 3 nitrogen and oxygen atoms in total. The first-order valence-corrected chi connectivity index (χ1v) is 5.50. The fraction of sp³-hybridized carbons (Fsp3) is 0.250. The summed E-state index contributed by atoms with van der Waals surface area (Å²) >= 11 is 5.90. The van der Waals surface area contributed by atoms with Crippen LogP contribution in [-0.4, -0.2) is 9.78 Å². The lowest BCUT2D eigenvalue weighted by Crippen LogP contribution is -2.00. The molecule has 2 aromatic rings. The van der Waals surface area contributed by atoms with E-state index < -0.39 is 0 Å². The molecule has 1 N–H and O–H groups in total. The number of aryl methyl sites for hydroxylation is 2. The van der Waals surface area contributed by atoms with Crippen molar-refractivity contribution < 1.29 is 0 Å². The number of benzene rings is 1. The van der Waals surface area contributed by atoms with Gasteiger partial charge in [0.05, 0.1) is 6.20 Å². The van der Waals surface area contributed by atoms with Crippen molar-refractivity contribution in [3.8, 4) is 0 Å². The van der Waals surface area contributed by atoms with E-state index in [2.05, 4.69) is 10.4 Å². The SMILES string of the molecule is Cc1cc(Cl)ccc1NCc1cnn(C)c1. The Bertz CT molecular complexity index is 491. The maximum Gasteiger partial charge on any atom is 0.0539 e. The van der Waals surface area contributed by atoms with Gasteiger partial charge >= 0.3 is 0 Å². The van der Waals surface area contributed by atoms with Gasteiger partial charge in [0, 0.05) is 36.1 Å². The molecule has 0 atom stereocenters. The Labute approximate surface area is 100 Å². The van der Waals surface area contributed by atoms with E-state index in [9.17, 15) is 0 Å². The maximum atomic E-state index is 5.90. The summed E-state index contributed by atoms with van der Waals surface area (Å²) in [4.78, 5) is 0. The minimum atomic E-state index is 0.768. The summed E-state index contributed by atoms with van der Waals surface area (Å²) in [6, 6.07) is 5.83. The molecule has 0 aliphatic carbocycles. The van der Waals surface area contributed by atoms with E-state index in [1.165, 1.54) is 0 Å². The topological polar surface area (TPSA) is 29.9 Å². The van der Waals surface area contributed by atoms with Gasteiger partial charge in [0.15, 0.2) is 0 Å². The summed E-state index contributed by atoms with van der Waals surface area (Å²) in [6.45, 7) is 2.81. The Morgan fingerprint density at radius 2 is 2.25 bits per heavy atom. The molecule has 0 radical (unpaired) electrons. The van der Waals surface area contributed by atoms with Crippen LogP contribution in [0.3, 0.4) is 0 Å². The quantitative estimate of drug-likeness (QED) is 0.887. The number of anilines is 1. The summed E-state index contributed by atoms with van der Waals surface area (Å²) in [5.41, 5.74) is 3.42. The molecule has 0 aliphatic heterocycles. The summed E-state index contributed by atoms with van der Waals surface area (Å²) in [6.07, 6.45) is 3.86. The highest BCUT2D eigenvalue weighted by atomic mass is 35.5. The van der Waals surface area contributed by atoms with Gasteiger partial charge in [-0.15, -0.1) is 0 Å². The van der Waals surface area contributed by atoms with Crippen molar-refractivity contribution in [2.45, 2.75) is 13.5 Å². The molecule has 1 heterocycles. The molecule has 0 amide bonds. The van der Waals surface area contributed by atoms with Crippen LogP contribution in [0.5, 0.6) is 0 Å². The number of hydrogen-bond acceptors (Lipinski definition) is 2. The van der Waals surface area contributed by atoms with Gasteiger partial charge in [-0.2, -0.15) is 5.10 Å². The third-order valence-corrected chi connectivity index (χ3v) is 2.66. The van der Waals surface area contributed by atoms with Crippen LogP contribution in [0.1, 0.15) is 11.1 Å². The van der Waals surface area contributed by atoms with Crippen LogP contribution in [0.4, 0.5) is 5.69 Å². The van der Waals surface area contributed by atoms with Gasteiger partial charge in [-0.1, -0.05) is 11.6 Å². The first kappa shape index (κ1) is 11.0. The van der Waals surface area contributed by atoms with Crippen molar-refractivity contribution in [2.75, 3.05) is 5.32 Å². The van der Waals surface area contributed by atoms with E-state index in [4.69, 9.17) is 11.6 Å². The zero-order chi connectivity index (χ0) is 11.5. The highest BCUT2D eigenvalue weighted by molar-refractivity contribution is 6.30. The lowest BCUT2D eigenvalue weighted by molar-refractivity contribution is 0.767. The summed E-state index contributed by atoms with van der Waals surface area (Å²) in [7, 11) is 1.91. The molecule has 16 heavy (non-hydrogen) atoms. The van der Waals surface area contributed by atoms with Crippen molar-refractivity contribution in [3.05, 3.63) is 46.7 Å².